The predicted octanol–water partition coefficient (Wildman–Crippen LogP) is 1.72. The van der Waals surface area contributed by atoms with Gasteiger partial charge >= 0.3 is 0 Å². The minimum absolute atomic E-state index is 0.185. The van der Waals surface area contributed by atoms with Gasteiger partial charge < -0.3 is 15.5 Å². The van der Waals surface area contributed by atoms with Crippen LogP contribution >= 0.6 is 11.6 Å². The lowest BCUT2D eigenvalue weighted by Gasteiger charge is -2.24. The van der Waals surface area contributed by atoms with Crippen LogP contribution in [0.15, 0.2) is 6.20 Å². The van der Waals surface area contributed by atoms with E-state index < -0.39 is 0 Å². The lowest BCUT2D eigenvalue weighted by molar-refractivity contribution is 0.0875. The third-order valence-electron chi connectivity index (χ3n) is 2.44. The van der Waals surface area contributed by atoms with Crippen LogP contribution < -0.4 is 5.32 Å². The summed E-state index contributed by atoms with van der Waals surface area (Å²) in [5, 5.41) is 10.7. The molecule has 1 aliphatic heterocycles. The Labute approximate surface area is 98.7 Å². The average Bonchev–Trinajstić information content (AvgIpc) is 2.31. The van der Waals surface area contributed by atoms with E-state index >= 15 is 0 Å². The number of hydrogen-bond acceptors (Lipinski definition) is 5. The van der Waals surface area contributed by atoms with Gasteiger partial charge in [-0.25, -0.2) is 9.97 Å². The van der Waals surface area contributed by atoms with Gasteiger partial charge in [0.1, 0.15) is 5.82 Å². The molecule has 0 aliphatic carbocycles. The van der Waals surface area contributed by atoms with Crippen molar-refractivity contribution in [3.63, 3.8) is 0 Å². The minimum Gasteiger partial charge on any atom is -0.379 e. The Bertz CT molecular complexity index is 379. The Morgan fingerprint density at radius 1 is 1.62 bits per heavy atom. The maximum atomic E-state index is 7.25. The second-order valence-corrected chi connectivity index (χ2v) is 3.98. The molecule has 2 heterocycles. The van der Waals surface area contributed by atoms with Gasteiger partial charge in [-0.2, -0.15) is 0 Å². The smallest absolute Gasteiger partial charge is 0.224 e. The summed E-state index contributed by atoms with van der Waals surface area (Å²) in [5.41, 5.74) is 0.634. The maximum Gasteiger partial charge on any atom is 0.224 e. The molecule has 0 amide bonds. The topological polar surface area (TPSA) is 70.9 Å². The zero-order valence-electron chi connectivity index (χ0n) is 8.74. The van der Waals surface area contributed by atoms with E-state index in [1.807, 2.05) is 0 Å². The van der Waals surface area contributed by atoms with Crippen LogP contribution in [0.25, 0.3) is 0 Å². The number of nitrogens with zero attached hydrogens (tertiary/aromatic N) is 2. The fourth-order valence-corrected chi connectivity index (χ4v) is 1.77. The Morgan fingerprint density at radius 3 is 3.19 bits per heavy atom. The van der Waals surface area contributed by atoms with Gasteiger partial charge in [0.15, 0.2) is 0 Å². The van der Waals surface area contributed by atoms with Gasteiger partial charge in [-0.3, -0.25) is 0 Å². The van der Waals surface area contributed by atoms with Crippen molar-refractivity contribution in [2.24, 2.45) is 0 Å². The molecule has 1 saturated heterocycles. The summed E-state index contributed by atoms with van der Waals surface area (Å²) in [6.07, 6.45) is 4.83. The van der Waals surface area contributed by atoms with E-state index in [4.69, 9.17) is 21.7 Å². The molecule has 0 bridgehead atoms. The van der Waals surface area contributed by atoms with E-state index in [2.05, 4.69) is 15.3 Å². The Balaban J connectivity index is 2.12. The molecular formula is C10H13ClN4O. The highest BCUT2D eigenvalue weighted by Crippen LogP contribution is 2.16. The molecule has 6 heteroatoms. The normalized spacial score (nSPS) is 20.4. The third-order valence-corrected chi connectivity index (χ3v) is 2.63. The molecule has 2 N–H and O–H groups in total. The van der Waals surface area contributed by atoms with Gasteiger partial charge in [0.25, 0.3) is 0 Å². The molecule has 2 rings (SSSR count). The second-order valence-electron chi connectivity index (χ2n) is 3.65. The van der Waals surface area contributed by atoms with Crippen molar-refractivity contribution in [2.45, 2.75) is 18.9 Å². The van der Waals surface area contributed by atoms with Crippen molar-refractivity contribution < 1.29 is 4.74 Å². The second kappa shape index (κ2) is 5.23. The van der Waals surface area contributed by atoms with Crippen molar-refractivity contribution in [1.29, 1.82) is 5.41 Å². The van der Waals surface area contributed by atoms with E-state index in [1.165, 1.54) is 12.4 Å². The molecule has 1 aliphatic rings. The average molecular weight is 241 g/mol. The monoisotopic (exact) mass is 240 g/mol. The molecule has 1 fully saturated rings. The van der Waals surface area contributed by atoms with E-state index in [1.54, 1.807) is 0 Å². The maximum absolute atomic E-state index is 7.25. The first-order chi connectivity index (χ1) is 7.79. The van der Waals surface area contributed by atoms with Gasteiger partial charge in [-0.05, 0) is 24.4 Å². The molecule has 1 aromatic rings. The van der Waals surface area contributed by atoms with Gasteiger partial charge in [-0.15, -0.1) is 0 Å². The standard InChI is InChI=1S/C10H13ClN4O/c11-10-13-5-7(4-12)9(15-10)14-8-2-1-3-16-6-8/h4-5,8,12H,1-3,6H2,(H,13,14,15). The molecule has 1 unspecified atom stereocenters. The SMILES string of the molecule is N=Cc1cnc(Cl)nc1NC1CCCOC1. The number of hydrogen-bond donors (Lipinski definition) is 2. The van der Waals surface area contributed by atoms with Crippen LogP contribution in [0.4, 0.5) is 5.82 Å². The Kier molecular flexibility index (Phi) is 3.69. The first-order valence-electron chi connectivity index (χ1n) is 5.17. The zero-order chi connectivity index (χ0) is 11.4. The summed E-state index contributed by atoms with van der Waals surface area (Å²) in [7, 11) is 0. The van der Waals surface area contributed by atoms with Crippen molar-refractivity contribution in [3.8, 4) is 0 Å². The summed E-state index contributed by atoms with van der Waals surface area (Å²) >= 11 is 5.72. The summed E-state index contributed by atoms with van der Waals surface area (Å²) < 4.78 is 5.36. The van der Waals surface area contributed by atoms with Gasteiger partial charge in [-0.1, -0.05) is 0 Å². The van der Waals surface area contributed by atoms with Gasteiger partial charge in [0.2, 0.25) is 5.28 Å². The van der Waals surface area contributed by atoms with Crippen molar-refractivity contribution in [1.82, 2.24) is 9.97 Å². The van der Waals surface area contributed by atoms with Crippen LogP contribution in [0.2, 0.25) is 5.28 Å². The molecule has 0 radical (unpaired) electrons. The highest BCUT2D eigenvalue weighted by atomic mass is 35.5. The molecule has 0 spiro atoms. The molecule has 16 heavy (non-hydrogen) atoms. The molecule has 1 atom stereocenters. The Hall–Kier alpha value is -1.20. The molecule has 86 valence electrons. The van der Waals surface area contributed by atoms with Crippen LogP contribution in [0.5, 0.6) is 0 Å². The van der Waals surface area contributed by atoms with Crippen molar-refractivity contribution in [2.75, 3.05) is 18.5 Å². The predicted molar refractivity (Wildman–Crippen MR) is 62.4 cm³/mol. The lowest BCUT2D eigenvalue weighted by Crippen LogP contribution is -2.30. The minimum atomic E-state index is 0.185. The van der Waals surface area contributed by atoms with Crippen LogP contribution in [0, 0.1) is 5.41 Å². The van der Waals surface area contributed by atoms with E-state index in [0.29, 0.717) is 18.0 Å². The Morgan fingerprint density at radius 2 is 2.50 bits per heavy atom. The van der Waals surface area contributed by atoms with E-state index in [-0.39, 0.29) is 11.3 Å². The third kappa shape index (κ3) is 2.68. The number of ether oxygens (including phenoxy) is 1. The number of rotatable bonds is 3. The first kappa shape index (κ1) is 11.3. The van der Waals surface area contributed by atoms with Crippen LogP contribution in [-0.4, -0.2) is 35.4 Å². The number of nitrogens with one attached hydrogen (secondary N) is 2. The lowest BCUT2D eigenvalue weighted by atomic mass is 10.1. The molecule has 1 aromatic heterocycles. The van der Waals surface area contributed by atoms with Crippen LogP contribution in [0.1, 0.15) is 18.4 Å². The highest BCUT2D eigenvalue weighted by Gasteiger charge is 2.15. The van der Waals surface area contributed by atoms with Crippen LogP contribution in [0.3, 0.4) is 0 Å². The fraction of sp³-hybridized carbons (Fsp3) is 0.500. The number of anilines is 1. The molecule has 0 aromatic carbocycles. The highest BCUT2D eigenvalue weighted by molar-refractivity contribution is 6.28. The van der Waals surface area contributed by atoms with Crippen LogP contribution in [-0.2, 0) is 4.74 Å². The van der Waals surface area contributed by atoms with Crippen molar-refractivity contribution in [3.05, 3.63) is 17.0 Å². The van der Waals surface area contributed by atoms with E-state index in [0.717, 1.165) is 19.4 Å². The molecule has 0 saturated carbocycles. The summed E-state index contributed by atoms with van der Waals surface area (Å²) in [4.78, 5) is 7.91. The van der Waals surface area contributed by atoms with E-state index in [9.17, 15) is 0 Å². The summed E-state index contributed by atoms with van der Waals surface area (Å²) in [5.74, 6) is 0.602. The van der Waals surface area contributed by atoms with Gasteiger partial charge in [0, 0.05) is 19.0 Å². The molecular weight excluding hydrogens is 228 g/mol. The fourth-order valence-electron chi connectivity index (χ4n) is 1.64. The number of halogens is 1. The number of aromatic nitrogens is 2. The molecule has 5 nitrogen and oxygen atoms in total. The summed E-state index contributed by atoms with van der Waals surface area (Å²) in [6.45, 7) is 1.49. The zero-order valence-corrected chi connectivity index (χ0v) is 9.50. The van der Waals surface area contributed by atoms with Gasteiger partial charge in [0.05, 0.1) is 18.2 Å². The first-order valence-corrected chi connectivity index (χ1v) is 5.54. The summed E-state index contributed by atoms with van der Waals surface area (Å²) in [6, 6.07) is 0.235. The largest absolute Gasteiger partial charge is 0.379 e. The van der Waals surface area contributed by atoms with Crippen molar-refractivity contribution >= 4 is 23.6 Å². The quantitative estimate of drug-likeness (QED) is 0.623.